The summed E-state index contributed by atoms with van der Waals surface area (Å²) in [5.41, 5.74) is 6.74. The highest BCUT2D eigenvalue weighted by atomic mass is 16.7. The first kappa shape index (κ1) is 12.0. The predicted octanol–water partition coefficient (Wildman–Crippen LogP) is 1.19. The molecule has 0 radical (unpaired) electrons. The van der Waals surface area contributed by atoms with Crippen molar-refractivity contribution in [2.24, 2.45) is 5.73 Å². The van der Waals surface area contributed by atoms with Crippen molar-refractivity contribution in [1.29, 1.82) is 0 Å². The molecule has 0 saturated carbocycles. The molecule has 0 amide bonds. The van der Waals surface area contributed by atoms with E-state index in [-0.39, 0.29) is 6.79 Å². The van der Waals surface area contributed by atoms with Crippen LogP contribution in [-0.2, 0) is 0 Å². The van der Waals surface area contributed by atoms with Gasteiger partial charge in [0.05, 0.1) is 19.3 Å². The van der Waals surface area contributed by atoms with Gasteiger partial charge < -0.3 is 25.1 Å². The fraction of sp³-hybridized carbons (Fsp3) is 0.500. The first-order valence-corrected chi connectivity index (χ1v) is 5.58. The zero-order valence-corrected chi connectivity index (χ0v) is 9.97. The van der Waals surface area contributed by atoms with E-state index in [9.17, 15) is 5.11 Å². The van der Waals surface area contributed by atoms with Crippen LogP contribution >= 0.6 is 0 Å². The van der Waals surface area contributed by atoms with Gasteiger partial charge in [-0.1, -0.05) is 6.92 Å². The van der Waals surface area contributed by atoms with Crippen LogP contribution in [0.2, 0.25) is 0 Å². The van der Waals surface area contributed by atoms with Gasteiger partial charge in [-0.3, -0.25) is 0 Å². The molecule has 1 aromatic carbocycles. The molecular formula is C12H17NO4. The summed E-state index contributed by atoms with van der Waals surface area (Å²) in [7, 11) is 1.56. The fourth-order valence-electron chi connectivity index (χ4n) is 1.82. The van der Waals surface area contributed by atoms with Gasteiger partial charge in [-0.15, -0.1) is 0 Å². The predicted molar refractivity (Wildman–Crippen MR) is 62.3 cm³/mol. The van der Waals surface area contributed by atoms with Crippen molar-refractivity contribution in [2.45, 2.75) is 25.5 Å². The molecule has 1 aliphatic heterocycles. The summed E-state index contributed by atoms with van der Waals surface area (Å²) in [5.74, 6) is 1.78. The molecule has 0 bridgehead atoms. The molecule has 3 N–H and O–H groups in total. The number of hydrogen-bond acceptors (Lipinski definition) is 5. The minimum Gasteiger partial charge on any atom is -0.493 e. The average molecular weight is 239 g/mol. The Morgan fingerprint density at radius 1 is 1.47 bits per heavy atom. The Morgan fingerprint density at radius 3 is 2.88 bits per heavy atom. The van der Waals surface area contributed by atoms with Gasteiger partial charge in [0.2, 0.25) is 12.5 Å². The zero-order chi connectivity index (χ0) is 12.4. The van der Waals surface area contributed by atoms with Crippen molar-refractivity contribution in [3.63, 3.8) is 0 Å². The summed E-state index contributed by atoms with van der Waals surface area (Å²) in [6, 6.07) is 3.11. The van der Waals surface area contributed by atoms with Crippen molar-refractivity contribution < 1.29 is 19.3 Å². The third kappa shape index (κ3) is 2.16. The van der Waals surface area contributed by atoms with Crippen molar-refractivity contribution >= 4 is 0 Å². The maximum atomic E-state index is 9.75. The van der Waals surface area contributed by atoms with Crippen LogP contribution in [0.4, 0.5) is 0 Å². The normalized spacial score (nSPS) is 16.7. The summed E-state index contributed by atoms with van der Waals surface area (Å²) >= 11 is 0. The monoisotopic (exact) mass is 239 g/mol. The number of rotatable bonds is 4. The van der Waals surface area contributed by atoms with Crippen LogP contribution in [0.3, 0.4) is 0 Å². The summed E-state index contributed by atoms with van der Waals surface area (Å²) in [4.78, 5) is 0. The van der Waals surface area contributed by atoms with Gasteiger partial charge in [0.15, 0.2) is 11.5 Å². The summed E-state index contributed by atoms with van der Waals surface area (Å²) in [6.07, 6.45) is 0.0119. The maximum absolute atomic E-state index is 9.75. The zero-order valence-electron chi connectivity index (χ0n) is 9.97. The molecule has 0 fully saturated rings. The van der Waals surface area contributed by atoms with E-state index in [1.807, 2.05) is 6.92 Å². The minimum absolute atomic E-state index is 0.181. The second kappa shape index (κ2) is 4.81. The van der Waals surface area contributed by atoms with E-state index in [4.69, 9.17) is 19.9 Å². The van der Waals surface area contributed by atoms with E-state index in [2.05, 4.69) is 0 Å². The number of fused-ring (bicyclic) bond motifs is 1. The molecule has 0 saturated heterocycles. The molecule has 5 nitrogen and oxygen atoms in total. The third-order valence-electron chi connectivity index (χ3n) is 2.90. The van der Waals surface area contributed by atoms with Crippen LogP contribution in [0.25, 0.3) is 0 Å². The Balaban J connectivity index is 2.36. The van der Waals surface area contributed by atoms with Crippen molar-refractivity contribution in [2.75, 3.05) is 13.9 Å². The third-order valence-corrected chi connectivity index (χ3v) is 2.90. The Hall–Kier alpha value is -1.46. The topological polar surface area (TPSA) is 73.9 Å². The summed E-state index contributed by atoms with van der Waals surface area (Å²) in [6.45, 7) is 2.06. The van der Waals surface area contributed by atoms with Crippen LogP contribution < -0.4 is 19.9 Å². The Bertz CT molecular complexity index is 408. The van der Waals surface area contributed by atoms with E-state index in [1.54, 1.807) is 19.2 Å². The average Bonchev–Trinajstić information content (AvgIpc) is 2.83. The van der Waals surface area contributed by atoms with Gasteiger partial charge >= 0.3 is 0 Å². The van der Waals surface area contributed by atoms with Crippen LogP contribution in [0.15, 0.2) is 12.1 Å². The lowest BCUT2D eigenvalue weighted by Gasteiger charge is -2.18. The molecular weight excluding hydrogens is 222 g/mol. The molecule has 2 rings (SSSR count). The molecule has 1 heterocycles. The van der Waals surface area contributed by atoms with Crippen molar-refractivity contribution in [3.05, 3.63) is 17.7 Å². The van der Waals surface area contributed by atoms with Crippen molar-refractivity contribution in [3.8, 4) is 17.2 Å². The van der Waals surface area contributed by atoms with E-state index in [0.717, 1.165) is 5.56 Å². The molecule has 0 spiro atoms. The van der Waals surface area contributed by atoms with Gasteiger partial charge in [0.25, 0.3) is 0 Å². The lowest BCUT2D eigenvalue weighted by atomic mass is 10.00. The van der Waals surface area contributed by atoms with E-state index >= 15 is 0 Å². The number of hydrogen-bond donors (Lipinski definition) is 2. The van der Waals surface area contributed by atoms with E-state index < -0.39 is 12.1 Å². The summed E-state index contributed by atoms with van der Waals surface area (Å²) in [5, 5.41) is 9.75. The molecule has 0 unspecified atom stereocenters. The van der Waals surface area contributed by atoms with Crippen LogP contribution in [-0.4, -0.2) is 25.1 Å². The highest BCUT2D eigenvalue weighted by Crippen LogP contribution is 2.43. The second-order valence-electron chi connectivity index (χ2n) is 3.96. The molecule has 5 heteroatoms. The van der Waals surface area contributed by atoms with Gasteiger partial charge in [-0.25, -0.2) is 0 Å². The molecule has 0 aliphatic carbocycles. The van der Waals surface area contributed by atoms with Gasteiger partial charge in [0, 0.05) is 0 Å². The number of aliphatic hydroxyl groups is 1. The largest absolute Gasteiger partial charge is 0.493 e. The highest BCUT2D eigenvalue weighted by molar-refractivity contribution is 5.55. The smallest absolute Gasteiger partial charge is 0.231 e. The first-order valence-electron chi connectivity index (χ1n) is 5.58. The number of aliphatic hydroxyl groups excluding tert-OH is 1. The Morgan fingerprint density at radius 2 is 2.24 bits per heavy atom. The molecule has 1 aromatic rings. The molecule has 17 heavy (non-hydrogen) atoms. The van der Waals surface area contributed by atoms with Gasteiger partial charge in [-0.2, -0.15) is 0 Å². The van der Waals surface area contributed by atoms with Crippen LogP contribution in [0.5, 0.6) is 17.2 Å². The molecule has 2 atom stereocenters. The van der Waals surface area contributed by atoms with E-state index in [0.29, 0.717) is 23.7 Å². The highest BCUT2D eigenvalue weighted by Gasteiger charge is 2.24. The molecule has 1 aliphatic rings. The van der Waals surface area contributed by atoms with Gasteiger partial charge in [-0.05, 0) is 24.1 Å². The second-order valence-corrected chi connectivity index (χ2v) is 3.96. The number of nitrogens with two attached hydrogens (primary N) is 1. The van der Waals surface area contributed by atoms with Gasteiger partial charge in [0.1, 0.15) is 0 Å². The Kier molecular flexibility index (Phi) is 3.40. The first-order chi connectivity index (χ1) is 8.17. The number of benzene rings is 1. The lowest BCUT2D eigenvalue weighted by Crippen LogP contribution is -2.25. The quantitative estimate of drug-likeness (QED) is 0.825. The number of methoxy groups -OCH3 is 1. The van der Waals surface area contributed by atoms with E-state index in [1.165, 1.54) is 0 Å². The standard InChI is InChI=1S/C12H17NO4/c1-3-8(14)11(13)7-4-9(15-2)12-10(5-7)16-6-17-12/h4-5,8,11,14H,3,6,13H2,1-2H3/t8-,11+/m0/s1. The molecule has 0 aromatic heterocycles. The maximum Gasteiger partial charge on any atom is 0.231 e. The molecule has 94 valence electrons. The SMILES string of the molecule is CC[C@H](O)[C@H](N)c1cc(OC)c2c(c1)OCO2. The van der Waals surface area contributed by atoms with Crippen molar-refractivity contribution in [1.82, 2.24) is 0 Å². The lowest BCUT2D eigenvalue weighted by molar-refractivity contribution is 0.140. The Labute approximate surface area is 100 Å². The van der Waals surface area contributed by atoms with Crippen LogP contribution in [0.1, 0.15) is 24.9 Å². The fourth-order valence-corrected chi connectivity index (χ4v) is 1.82. The summed E-state index contributed by atoms with van der Waals surface area (Å²) < 4.78 is 15.8. The minimum atomic E-state index is -0.583. The van der Waals surface area contributed by atoms with Crippen LogP contribution in [0, 0.1) is 0 Å². The number of ether oxygens (including phenoxy) is 3.